The zero-order valence-electron chi connectivity index (χ0n) is 11.8. The molecule has 1 aromatic carbocycles. The van der Waals surface area contributed by atoms with Crippen LogP contribution in [-0.2, 0) is 4.79 Å². The van der Waals surface area contributed by atoms with E-state index in [1.807, 2.05) is 11.8 Å². The van der Waals surface area contributed by atoms with E-state index >= 15 is 0 Å². The first kappa shape index (κ1) is 14.7. The van der Waals surface area contributed by atoms with E-state index in [0.29, 0.717) is 6.54 Å². The highest BCUT2D eigenvalue weighted by Gasteiger charge is 2.24. The standard InChI is InChI=1S/C16H21FN2O/c1-12(13-5-4-6-14(17)10-13)9-16(20)19-8-3-2-7-15(19)11-18/h4-6,9-10,15H,2-3,7-8,11,18H2,1H3. The molecule has 3 nitrogen and oxygen atoms in total. The molecule has 1 aromatic rings. The number of nitrogens with two attached hydrogens (primary N) is 1. The van der Waals surface area contributed by atoms with Gasteiger partial charge in [0.05, 0.1) is 0 Å². The highest BCUT2D eigenvalue weighted by atomic mass is 19.1. The Labute approximate surface area is 119 Å². The summed E-state index contributed by atoms with van der Waals surface area (Å²) in [7, 11) is 0. The minimum atomic E-state index is -0.291. The third-order valence-corrected chi connectivity index (χ3v) is 3.80. The SMILES string of the molecule is CC(=CC(=O)N1CCCCC1CN)c1cccc(F)c1. The van der Waals surface area contributed by atoms with Crippen LogP contribution in [0.4, 0.5) is 4.39 Å². The van der Waals surface area contributed by atoms with Gasteiger partial charge in [-0.3, -0.25) is 4.79 Å². The molecule has 1 saturated heterocycles. The van der Waals surface area contributed by atoms with Crippen LogP contribution >= 0.6 is 0 Å². The van der Waals surface area contributed by atoms with Gasteiger partial charge in [0.2, 0.25) is 5.91 Å². The molecule has 0 radical (unpaired) electrons. The minimum absolute atomic E-state index is 0.0260. The number of rotatable bonds is 3. The van der Waals surface area contributed by atoms with Crippen LogP contribution in [-0.4, -0.2) is 29.9 Å². The largest absolute Gasteiger partial charge is 0.335 e. The van der Waals surface area contributed by atoms with Crippen molar-refractivity contribution in [3.05, 3.63) is 41.7 Å². The van der Waals surface area contributed by atoms with Crippen molar-refractivity contribution in [2.75, 3.05) is 13.1 Å². The second-order valence-electron chi connectivity index (χ2n) is 5.25. The van der Waals surface area contributed by atoms with Crippen molar-refractivity contribution in [2.24, 2.45) is 5.73 Å². The van der Waals surface area contributed by atoms with E-state index in [1.165, 1.54) is 12.1 Å². The molecule has 2 rings (SSSR count). The molecule has 20 heavy (non-hydrogen) atoms. The van der Waals surface area contributed by atoms with Crippen molar-refractivity contribution in [3.63, 3.8) is 0 Å². The zero-order valence-corrected chi connectivity index (χ0v) is 11.8. The lowest BCUT2D eigenvalue weighted by Gasteiger charge is -2.34. The maximum Gasteiger partial charge on any atom is 0.247 e. The fourth-order valence-electron chi connectivity index (χ4n) is 2.62. The molecule has 1 amide bonds. The molecule has 4 heteroatoms. The van der Waals surface area contributed by atoms with Gasteiger partial charge < -0.3 is 10.6 Å². The maximum atomic E-state index is 13.2. The molecular formula is C16H21FN2O. The van der Waals surface area contributed by atoms with Gasteiger partial charge in [0.1, 0.15) is 5.82 Å². The fraction of sp³-hybridized carbons (Fsp3) is 0.438. The van der Waals surface area contributed by atoms with Gasteiger partial charge in [-0.15, -0.1) is 0 Å². The summed E-state index contributed by atoms with van der Waals surface area (Å²) < 4.78 is 13.2. The lowest BCUT2D eigenvalue weighted by Crippen LogP contribution is -2.46. The van der Waals surface area contributed by atoms with Crippen molar-refractivity contribution in [2.45, 2.75) is 32.2 Å². The van der Waals surface area contributed by atoms with Crippen molar-refractivity contribution < 1.29 is 9.18 Å². The van der Waals surface area contributed by atoms with Gasteiger partial charge in [-0.05, 0) is 49.5 Å². The van der Waals surface area contributed by atoms with Crippen molar-refractivity contribution in [3.8, 4) is 0 Å². The topological polar surface area (TPSA) is 46.3 Å². The van der Waals surface area contributed by atoms with Crippen LogP contribution in [0.25, 0.3) is 5.57 Å². The molecule has 0 spiro atoms. The Morgan fingerprint density at radius 2 is 2.30 bits per heavy atom. The minimum Gasteiger partial charge on any atom is -0.335 e. The van der Waals surface area contributed by atoms with Crippen LogP contribution in [0.2, 0.25) is 0 Å². The van der Waals surface area contributed by atoms with Crippen LogP contribution in [0.15, 0.2) is 30.3 Å². The molecule has 1 aliphatic rings. The Hall–Kier alpha value is -1.68. The van der Waals surface area contributed by atoms with Crippen LogP contribution in [0, 0.1) is 5.82 Å². The number of nitrogens with zero attached hydrogens (tertiary/aromatic N) is 1. The van der Waals surface area contributed by atoms with E-state index in [0.717, 1.165) is 36.9 Å². The highest BCUT2D eigenvalue weighted by Crippen LogP contribution is 2.19. The van der Waals surface area contributed by atoms with E-state index in [1.54, 1.807) is 18.2 Å². The van der Waals surface area contributed by atoms with E-state index < -0.39 is 0 Å². The molecule has 0 bridgehead atoms. The number of allylic oxidation sites excluding steroid dienone is 1. The third-order valence-electron chi connectivity index (χ3n) is 3.80. The summed E-state index contributed by atoms with van der Waals surface area (Å²) in [6.45, 7) is 3.08. The van der Waals surface area contributed by atoms with Gasteiger partial charge in [-0.2, -0.15) is 0 Å². The summed E-state index contributed by atoms with van der Waals surface area (Å²) in [6, 6.07) is 6.42. The Balaban J connectivity index is 2.14. The van der Waals surface area contributed by atoms with E-state index in [4.69, 9.17) is 5.73 Å². The Morgan fingerprint density at radius 1 is 1.50 bits per heavy atom. The van der Waals surface area contributed by atoms with Gasteiger partial charge in [-0.25, -0.2) is 4.39 Å². The Kier molecular flexibility index (Phi) is 4.90. The smallest absolute Gasteiger partial charge is 0.247 e. The summed E-state index contributed by atoms with van der Waals surface area (Å²) in [5, 5.41) is 0. The lowest BCUT2D eigenvalue weighted by molar-refractivity contribution is -0.129. The molecule has 1 aliphatic heterocycles. The molecule has 1 heterocycles. The molecule has 0 aromatic heterocycles. The number of piperidine rings is 1. The average molecular weight is 276 g/mol. The van der Waals surface area contributed by atoms with E-state index in [-0.39, 0.29) is 17.8 Å². The number of hydrogen-bond donors (Lipinski definition) is 1. The molecule has 0 saturated carbocycles. The third kappa shape index (κ3) is 3.45. The first-order valence-corrected chi connectivity index (χ1v) is 7.06. The average Bonchev–Trinajstić information content (AvgIpc) is 2.47. The summed E-state index contributed by atoms with van der Waals surface area (Å²) in [5.41, 5.74) is 7.24. The normalized spacial score (nSPS) is 20.1. The van der Waals surface area contributed by atoms with E-state index in [2.05, 4.69) is 0 Å². The van der Waals surface area contributed by atoms with Gasteiger partial charge in [0.15, 0.2) is 0 Å². The van der Waals surface area contributed by atoms with Gasteiger partial charge in [0, 0.05) is 25.2 Å². The quantitative estimate of drug-likeness (QED) is 0.862. The molecule has 0 aliphatic carbocycles. The summed E-state index contributed by atoms with van der Waals surface area (Å²) in [4.78, 5) is 14.2. The second kappa shape index (κ2) is 6.66. The number of likely N-dealkylation sites (tertiary alicyclic amines) is 1. The van der Waals surface area contributed by atoms with Crippen molar-refractivity contribution in [1.29, 1.82) is 0 Å². The number of carbonyl (C=O) groups excluding carboxylic acids is 1. The molecule has 108 valence electrons. The summed E-state index contributed by atoms with van der Waals surface area (Å²) in [6.07, 6.45) is 4.70. The zero-order chi connectivity index (χ0) is 14.5. The first-order valence-electron chi connectivity index (χ1n) is 7.06. The van der Waals surface area contributed by atoms with Crippen molar-refractivity contribution in [1.82, 2.24) is 4.90 Å². The maximum absolute atomic E-state index is 13.2. The van der Waals surface area contributed by atoms with E-state index in [9.17, 15) is 9.18 Å². The highest BCUT2D eigenvalue weighted by molar-refractivity contribution is 5.95. The number of carbonyl (C=O) groups is 1. The van der Waals surface area contributed by atoms with Crippen LogP contribution in [0.5, 0.6) is 0 Å². The summed E-state index contributed by atoms with van der Waals surface area (Å²) >= 11 is 0. The van der Waals surface area contributed by atoms with Crippen LogP contribution in [0.3, 0.4) is 0 Å². The predicted octanol–water partition coefficient (Wildman–Crippen LogP) is 2.57. The van der Waals surface area contributed by atoms with Gasteiger partial charge in [0.25, 0.3) is 0 Å². The van der Waals surface area contributed by atoms with Crippen LogP contribution in [0.1, 0.15) is 31.7 Å². The number of amides is 1. The number of hydrogen-bond acceptors (Lipinski definition) is 2. The monoisotopic (exact) mass is 276 g/mol. The van der Waals surface area contributed by atoms with Crippen LogP contribution < -0.4 is 5.73 Å². The molecular weight excluding hydrogens is 255 g/mol. The molecule has 1 fully saturated rings. The number of benzene rings is 1. The fourth-order valence-corrected chi connectivity index (χ4v) is 2.62. The predicted molar refractivity (Wildman–Crippen MR) is 78.5 cm³/mol. The van der Waals surface area contributed by atoms with Gasteiger partial charge >= 0.3 is 0 Å². The molecule has 1 unspecified atom stereocenters. The number of halogens is 1. The second-order valence-corrected chi connectivity index (χ2v) is 5.25. The molecule has 1 atom stereocenters. The Bertz CT molecular complexity index is 513. The lowest BCUT2D eigenvalue weighted by atomic mass is 10.0. The summed E-state index contributed by atoms with van der Waals surface area (Å²) in [5.74, 6) is -0.317. The first-order chi connectivity index (χ1) is 9.61. The van der Waals surface area contributed by atoms with Crippen molar-refractivity contribution >= 4 is 11.5 Å². The molecule has 2 N–H and O–H groups in total. The van der Waals surface area contributed by atoms with Gasteiger partial charge in [-0.1, -0.05) is 12.1 Å². The Morgan fingerprint density at radius 3 is 3.00 bits per heavy atom.